The highest BCUT2D eigenvalue weighted by Gasteiger charge is 2.25. The summed E-state index contributed by atoms with van der Waals surface area (Å²) < 4.78 is 14.1. The number of nitrogens with one attached hydrogen (secondary N) is 1. The van der Waals surface area contributed by atoms with Gasteiger partial charge in [-0.25, -0.2) is 4.39 Å². The van der Waals surface area contributed by atoms with Crippen LogP contribution in [0.5, 0.6) is 0 Å². The fourth-order valence-electron chi connectivity index (χ4n) is 1.62. The summed E-state index contributed by atoms with van der Waals surface area (Å²) in [6, 6.07) is 3.23. The zero-order valence-electron chi connectivity index (χ0n) is 10.7. The molecule has 4 nitrogen and oxygen atoms in total. The van der Waals surface area contributed by atoms with Gasteiger partial charge in [0, 0.05) is 4.47 Å². The number of amides is 2. The van der Waals surface area contributed by atoms with Crippen LogP contribution < -0.4 is 11.1 Å². The summed E-state index contributed by atoms with van der Waals surface area (Å²) in [5.41, 5.74) is 5.13. The van der Waals surface area contributed by atoms with Crippen LogP contribution in [-0.2, 0) is 4.79 Å². The largest absolute Gasteiger partial charge is 0.368 e. The number of halogens is 2. The van der Waals surface area contributed by atoms with Crippen molar-refractivity contribution in [2.24, 2.45) is 11.7 Å². The predicted octanol–water partition coefficient (Wildman–Crippen LogP) is 2.22. The molecule has 0 heterocycles. The predicted molar refractivity (Wildman–Crippen MR) is 74.0 cm³/mol. The molecular weight excluding hydrogens is 315 g/mol. The Labute approximate surface area is 119 Å². The highest BCUT2D eigenvalue weighted by molar-refractivity contribution is 9.10. The molecule has 1 aromatic rings. The second-order valence-electron chi connectivity index (χ2n) is 4.36. The maximum absolute atomic E-state index is 13.6. The number of primary amides is 1. The van der Waals surface area contributed by atoms with Gasteiger partial charge in [0.1, 0.15) is 11.9 Å². The lowest BCUT2D eigenvalue weighted by Gasteiger charge is -2.21. The van der Waals surface area contributed by atoms with E-state index in [1.54, 1.807) is 6.92 Å². The molecule has 2 atom stereocenters. The zero-order valence-corrected chi connectivity index (χ0v) is 12.3. The highest BCUT2D eigenvalue weighted by atomic mass is 79.9. The summed E-state index contributed by atoms with van der Waals surface area (Å²) in [4.78, 5) is 23.3. The second kappa shape index (κ2) is 6.65. The third-order valence-electron chi connectivity index (χ3n) is 2.98. The third kappa shape index (κ3) is 4.02. The topological polar surface area (TPSA) is 72.2 Å². The lowest BCUT2D eigenvalue weighted by atomic mass is 9.98. The molecule has 0 aliphatic rings. The van der Waals surface area contributed by atoms with E-state index in [9.17, 15) is 14.0 Å². The third-order valence-corrected chi connectivity index (χ3v) is 3.47. The molecule has 0 bridgehead atoms. The zero-order chi connectivity index (χ0) is 14.6. The molecular formula is C13H16BrFN2O2. The van der Waals surface area contributed by atoms with Gasteiger partial charge < -0.3 is 11.1 Å². The Hall–Kier alpha value is -1.43. The van der Waals surface area contributed by atoms with Crippen LogP contribution >= 0.6 is 15.9 Å². The number of carbonyl (C=O) groups is 2. The molecule has 0 aromatic heterocycles. The first-order valence-electron chi connectivity index (χ1n) is 5.92. The number of carbonyl (C=O) groups excluding carboxylic acids is 2. The number of nitrogens with two attached hydrogens (primary N) is 1. The van der Waals surface area contributed by atoms with E-state index in [1.165, 1.54) is 18.2 Å². The van der Waals surface area contributed by atoms with Gasteiger partial charge in [-0.1, -0.05) is 36.2 Å². The van der Waals surface area contributed by atoms with Crippen LogP contribution in [0.3, 0.4) is 0 Å². The number of hydrogen-bond donors (Lipinski definition) is 2. The fraction of sp³-hybridized carbons (Fsp3) is 0.385. The molecule has 3 N–H and O–H groups in total. The Balaban J connectivity index is 2.94. The molecule has 0 radical (unpaired) electrons. The first-order chi connectivity index (χ1) is 8.86. The van der Waals surface area contributed by atoms with Crippen molar-refractivity contribution in [3.8, 4) is 0 Å². The van der Waals surface area contributed by atoms with Crippen LogP contribution in [0.1, 0.15) is 30.6 Å². The summed E-state index contributed by atoms with van der Waals surface area (Å²) in [6.07, 6.45) is 0.675. The van der Waals surface area contributed by atoms with Gasteiger partial charge in [0.2, 0.25) is 5.91 Å². The van der Waals surface area contributed by atoms with Crippen molar-refractivity contribution in [3.05, 3.63) is 34.1 Å². The van der Waals surface area contributed by atoms with Crippen LogP contribution in [0.15, 0.2) is 22.7 Å². The maximum Gasteiger partial charge on any atom is 0.254 e. The van der Waals surface area contributed by atoms with E-state index in [1.807, 2.05) is 6.92 Å². The minimum absolute atomic E-state index is 0.114. The number of hydrogen-bond acceptors (Lipinski definition) is 2. The lowest BCUT2D eigenvalue weighted by molar-refractivity contribution is -0.120. The van der Waals surface area contributed by atoms with Crippen molar-refractivity contribution in [1.29, 1.82) is 0 Å². The van der Waals surface area contributed by atoms with Crippen LogP contribution in [-0.4, -0.2) is 17.9 Å². The van der Waals surface area contributed by atoms with Gasteiger partial charge in [-0.05, 0) is 24.1 Å². The van der Waals surface area contributed by atoms with Gasteiger partial charge in [0.25, 0.3) is 5.91 Å². The SMILES string of the molecule is CCC(C)C(NC(=O)c1cc(Br)ccc1F)C(N)=O. The lowest BCUT2D eigenvalue weighted by Crippen LogP contribution is -2.48. The minimum atomic E-state index is -0.809. The number of rotatable bonds is 5. The summed E-state index contributed by atoms with van der Waals surface area (Å²) in [5.74, 6) is -2.04. The van der Waals surface area contributed by atoms with Crippen LogP contribution in [0.4, 0.5) is 4.39 Å². The first-order valence-corrected chi connectivity index (χ1v) is 6.71. The standard InChI is InChI=1S/C13H16BrFN2O2/c1-3-7(2)11(12(16)18)17-13(19)9-6-8(14)4-5-10(9)15/h4-7,11H,3H2,1-2H3,(H2,16,18)(H,17,19). The average Bonchev–Trinajstić information content (AvgIpc) is 2.37. The summed E-state index contributed by atoms with van der Waals surface area (Å²) in [7, 11) is 0. The molecule has 104 valence electrons. The Morgan fingerprint density at radius 3 is 2.63 bits per heavy atom. The summed E-state index contributed by atoms with van der Waals surface area (Å²) >= 11 is 3.16. The van der Waals surface area contributed by atoms with E-state index in [-0.39, 0.29) is 11.5 Å². The van der Waals surface area contributed by atoms with Crippen molar-refractivity contribution >= 4 is 27.7 Å². The van der Waals surface area contributed by atoms with Gasteiger partial charge in [0.15, 0.2) is 0 Å². The van der Waals surface area contributed by atoms with E-state index in [2.05, 4.69) is 21.2 Å². The van der Waals surface area contributed by atoms with Gasteiger partial charge in [0.05, 0.1) is 5.56 Å². The molecule has 0 aliphatic heterocycles. The first kappa shape index (κ1) is 15.6. The molecule has 19 heavy (non-hydrogen) atoms. The van der Waals surface area contributed by atoms with Gasteiger partial charge >= 0.3 is 0 Å². The molecule has 1 rings (SSSR count). The van der Waals surface area contributed by atoms with Crippen molar-refractivity contribution in [2.75, 3.05) is 0 Å². The Bertz CT molecular complexity index is 494. The monoisotopic (exact) mass is 330 g/mol. The van der Waals surface area contributed by atoms with Crippen LogP contribution in [0, 0.1) is 11.7 Å². The molecule has 0 fully saturated rings. The Morgan fingerprint density at radius 2 is 2.11 bits per heavy atom. The molecule has 2 unspecified atom stereocenters. The van der Waals surface area contributed by atoms with Gasteiger partial charge in [-0.3, -0.25) is 9.59 Å². The smallest absolute Gasteiger partial charge is 0.254 e. The van der Waals surface area contributed by atoms with Crippen molar-refractivity contribution in [2.45, 2.75) is 26.3 Å². The molecule has 0 saturated carbocycles. The van der Waals surface area contributed by atoms with E-state index in [0.717, 1.165) is 0 Å². The van der Waals surface area contributed by atoms with Crippen LogP contribution in [0.2, 0.25) is 0 Å². The van der Waals surface area contributed by atoms with E-state index < -0.39 is 23.7 Å². The van der Waals surface area contributed by atoms with Crippen LogP contribution in [0.25, 0.3) is 0 Å². The minimum Gasteiger partial charge on any atom is -0.368 e. The molecule has 6 heteroatoms. The molecule has 0 aliphatic carbocycles. The fourth-order valence-corrected chi connectivity index (χ4v) is 1.98. The van der Waals surface area contributed by atoms with E-state index in [0.29, 0.717) is 10.9 Å². The normalized spacial score (nSPS) is 13.7. The average molecular weight is 331 g/mol. The van der Waals surface area contributed by atoms with Crippen molar-refractivity contribution in [3.63, 3.8) is 0 Å². The summed E-state index contributed by atoms with van der Waals surface area (Å²) in [6.45, 7) is 3.68. The quantitative estimate of drug-likeness (QED) is 0.868. The Morgan fingerprint density at radius 1 is 1.47 bits per heavy atom. The maximum atomic E-state index is 13.6. The molecule has 0 spiro atoms. The highest BCUT2D eigenvalue weighted by Crippen LogP contribution is 2.16. The number of benzene rings is 1. The molecule has 0 saturated heterocycles. The van der Waals surface area contributed by atoms with Gasteiger partial charge in [-0.15, -0.1) is 0 Å². The van der Waals surface area contributed by atoms with Crippen molar-refractivity contribution in [1.82, 2.24) is 5.32 Å². The Kier molecular flexibility index (Phi) is 5.47. The molecule has 1 aromatic carbocycles. The second-order valence-corrected chi connectivity index (χ2v) is 5.28. The van der Waals surface area contributed by atoms with E-state index >= 15 is 0 Å². The molecule has 2 amide bonds. The van der Waals surface area contributed by atoms with E-state index in [4.69, 9.17) is 5.73 Å². The van der Waals surface area contributed by atoms with Gasteiger partial charge in [-0.2, -0.15) is 0 Å². The summed E-state index contributed by atoms with van der Waals surface area (Å²) in [5, 5.41) is 2.48. The van der Waals surface area contributed by atoms with Crippen molar-refractivity contribution < 1.29 is 14.0 Å².